The minimum atomic E-state index is -0.698. The molecule has 1 aliphatic rings. The van der Waals surface area contributed by atoms with E-state index >= 15 is 0 Å². The third kappa shape index (κ3) is 4.73. The molecule has 6 nitrogen and oxygen atoms in total. The third-order valence-corrected chi connectivity index (χ3v) is 3.78. The number of rotatable bonds is 5. The maximum Gasteiger partial charge on any atom is 0.313 e. The van der Waals surface area contributed by atoms with Gasteiger partial charge in [-0.05, 0) is 30.5 Å². The van der Waals surface area contributed by atoms with E-state index in [-0.39, 0.29) is 0 Å². The molecule has 0 aliphatic carbocycles. The van der Waals surface area contributed by atoms with Gasteiger partial charge >= 0.3 is 11.8 Å². The predicted molar refractivity (Wildman–Crippen MR) is 93.8 cm³/mol. The number of amides is 2. The molecule has 0 aromatic heterocycles. The first-order valence-electron chi connectivity index (χ1n) is 8.25. The van der Waals surface area contributed by atoms with Gasteiger partial charge in [-0.2, -0.15) is 0 Å². The lowest BCUT2D eigenvalue weighted by molar-refractivity contribution is -0.136. The van der Waals surface area contributed by atoms with Crippen LogP contribution in [0.4, 0.5) is 5.69 Å². The summed E-state index contributed by atoms with van der Waals surface area (Å²) in [7, 11) is 0. The van der Waals surface area contributed by atoms with Gasteiger partial charge in [0.25, 0.3) is 0 Å². The first-order chi connectivity index (χ1) is 12.2. The lowest BCUT2D eigenvalue weighted by atomic mass is 10.1. The first kappa shape index (κ1) is 16.8. The summed E-state index contributed by atoms with van der Waals surface area (Å²) < 4.78 is 10.9. The van der Waals surface area contributed by atoms with Gasteiger partial charge in [0, 0.05) is 18.3 Å². The SMILES string of the molecule is O=C(NCCCc1ccccc1)C(=O)Nc1ccc2c(c1)OCCO2. The molecule has 0 radical (unpaired) electrons. The monoisotopic (exact) mass is 340 g/mol. The van der Waals surface area contributed by atoms with Crippen molar-refractivity contribution >= 4 is 17.5 Å². The summed E-state index contributed by atoms with van der Waals surface area (Å²) in [5.41, 5.74) is 1.70. The summed E-state index contributed by atoms with van der Waals surface area (Å²) >= 11 is 0. The molecule has 1 aliphatic heterocycles. The number of anilines is 1. The quantitative estimate of drug-likeness (QED) is 0.646. The fourth-order valence-electron chi connectivity index (χ4n) is 2.53. The topological polar surface area (TPSA) is 76.7 Å². The van der Waals surface area contributed by atoms with Gasteiger partial charge in [-0.3, -0.25) is 9.59 Å². The molecular formula is C19H20N2O4. The second-order valence-corrected chi connectivity index (χ2v) is 5.66. The van der Waals surface area contributed by atoms with Crippen molar-refractivity contribution in [1.82, 2.24) is 5.32 Å². The molecule has 6 heteroatoms. The van der Waals surface area contributed by atoms with Gasteiger partial charge in [-0.15, -0.1) is 0 Å². The second kappa shape index (κ2) is 8.19. The number of fused-ring (bicyclic) bond motifs is 1. The molecule has 0 fully saturated rings. The number of hydrogen-bond donors (Lipinski definition) is 2. The summed E-state index contributed by atoms with van der Waals surface area (Å²) in [4.78, 5) is 23.8. The zero-order valence-corrected chi connectivity index (χ0v) is 13.8. The van der Waals surface area contributed by atoms with E-state index in [1.807, 2.05) is 30.3 Å². The molecule has 2 amide bonds. The van der Waals surface area contributed by atoms with Crippen molar-refractivity contribution in [1.29, 1.82) is 0 Å². The Morgan fingerprint density at radius 2 is 1.68 bits per heavy atom. The highest BCUT2D eigenvalue weighted by Gasteiger charge is 2.16. The summed E-state index contributed by atoms with van der Waals surface area (Å²) in [6, 6.07) is 15.0. The highest BCUT2D eigenvalue weighted by atomic mass is 16.6. The van der Waals surface area contributed by atoms with E-state index in [0.29, 0.717) is 36.9 Å². The standard InChI is InChI=1S/C19H20N2O4/c22-18(20-10-4-7-14-5-2-1-3-6-14)19(23)21-15-8-9-16-17(13-15)25-12-11-24-16/h1-3,5-6,8-9,13H,4,7,10-12H2,(H,20,22)(H,21,23). The van der Waals surface area contributed by atoms with Gasteiger partial charge in [0.2, 0.25) is 0 Å². The van der Waals surface area contributed by atoms with Crippen LogP contribution in [0.15, 0.2) is 48.5 Å². The first-order valence-corrected chi connectivity index (χ1v) is 8.25. The summed E-state index contributed by atoms with van der Waals surface area (Å²) in [6.07, 6.45) is 1.62. The van der Waals surface area contributed by atoms with E-state index in [9.17, 15) is 9.59 Å². The highest BCUT2D eigenvalue weighted by molar-refractivity contribution is 6.39. The number of carbonyl (C=O) groups excluding carboxylic acids is 2. The van der Waals surface area contributed by atoms with E-state index in [2.05, 4.69) is 10.6 Å². The lowest BCUT2D eigenvalue weighted by Crippen LogP contribution is -2.36. The van der Waals surface area contributed by atoms with E-state index < -0.39 is 11.8 Å². The van der Waals surface area contributed by atoms with E-state index in [4.69, 9.17) is 9.47 Å². The van der Waals surface area contributed by atoms with Gasteiger partial charge in [-0.25, -0.2) is 0 Å². The molecule has 2 N–H and O–H groups in total. The van der Waals surface area contributed by atoms with Crippen LogP contribution in [0, 0.1) is 0 Å². The van der Waals surface area contributed by atoms with Crippen molar-refractivity contribution in [3.8, 4) is 11.5 Å². The molecule has 0 saturated carbocycles. The number of hydrogen-bond acceptors (Lipinski definition) is 4. The Morgan fingerprint density at radius 1 is 0.920 bits per heavy atom. The smallest absolute Gasteiger partial charge is 0.313 e. The molecule has 2 aromatic carbocycles. The number of benzene rings is 2. The molecule has 2 aromatic rings. The van der Waals surface area contributed by atoms with Gasteiger partial charge in [0.05, 0.1) is 0 Å². The van der Waals surface area contributed by atoms with Crippen LogP contribution in [-0.4, -0.2) is 31.6 Å². The lowest BCUT2D eigenvalue weighted by Gasteiger charge is -2.18. The Labute approximate surface area is 146 Å². The normalized spacial score (nSPS) is 12.3. The van der Waals surface area contributed by atoms with Crippen LogP contribution in [0.3, 0.4) is 0 Å². The van der Waals surface area contributed by atoms with Crippen LogP contribution in [0.1, 0.15) is 12.0 Å². The van der Waals surface area contributed by atoms with E-state index in [1.165, 1.54) is 5.56 Å². The minimum absolute atomic E-state index is 0.447. The minimum Gasteiger partial charge on any atom is -0.486 e. The Balaban J connectivity index is 1.44. The fourth-order valence-corrected chi connectivity index (χ4v) is 2.53. The van der Waals surface area contributed by atoms with Crippen molar-refractivity contribution in [2.45, 2.75) is 12.8 Å². The average Bonchev–Trinajstić information content (AvgIpc) is 2.65. The van der Waals surface area contributed by atoms with Gasteiger partial charge in [0.1, 0.15) is 13.2 Å². The summed E-state index contributed by atoms with van der Waals surface area (Å²) in [6.45, 7) is 1.42. The molecule has 3 rings (SSSR count). The van der Waals surface area contributed by atoms with Gasteiger partial charge < -0.3 is 20.1 Å². The number of aryl methyl sites for hydroxylation is 1. The van der Waals surface area contributed by atoms with Crippen molar-refractivity contribution in [2.24, 2.45) is 0 Å². The van der Waals surface area contributed by atoms with Crippen LogP contribution in [0.2, 0.25) is 0 Å². The Bertz CT molecular complexity index is 746. The van der Waals surface area contributed by atoms with Gasteiger partial charge in [-0.1, -0.05) is 30.3 Å². The zero-order chi connectivity index (χ0) is 17.5. The Hall–Kier alpha value is -3.02. The maximum atomic E-state index is 11.9. The van der Waals surface area contributed by atoms with Crippen LogP contribution in [0.25, 0.3) is 0 Å². The average molecular weight is 340 g/mol. The van der Waals surface area contributed by atoms with Crippen molar-refractivity contribution in [3.05, 3.63) is 54.1 Å². The van der Waals surface area contributed by atoms with E-state index in [1.54, 1.807) is 18.2 Å². The Morgan fingerprint density at radius 3 is 2.48 bits per heavy atom. The number of ether oxygens (including phenoxy) is 2. The molecule has 0 saturated heterocycles. The van der Waals surface area contributed by atoms with Crippen LogP contribution in [0.5, 0.6) is 11.5 Å². The molecule has 0 unspecified atom stereocenters. The highest BCUT2D eigenvalue weighted by Crippen LogP contribution is 2.32. The molecular weight excluding hydrogens is 320 g/mol. The zero-order valence-electron chi connectivity index (χ0n) is 13.8. The predicted octanol–water partition coefficient (Wildman–Crippen LogP) is 2.15. The molecule has 1 heterocycles. The van der Waals surface area contributed by atoms with E-state index in [0.717, 1.165) is 12.8 Å². The van der Waals surface area contributed by atoms with Crippen LogP contribution in [-0.2, 0) is 16.0 Å². The van der Waals surface area contributed by atoms with Crippen LogP contribution < -0.4 is 20.1 Å². The largest absolute Gasteiger partial charge is 0.486 e. The summed E-state index contributed by atoms with van der Waals surface area (Å²) in [5.74, 6) is -0.152. The number of carbonyl (C=O) groups is 2. The van der Waals surface area contributed by atoms with Crippen molar-refractivity contribution < 1.29 is 19.1 Å². The van der Waals surface area contributed by atoms with Crippen molar-refractivity contribution in [3.63, 3.8) is 0 Å². The van der Waals surface area contributed by atoms with Crippen LogP contribution >= 0.6 is 0 Å². The third-order valence-electron chi connectivity index (χ3n) is 3.78. The fraction of sp³-hybridized carbons (Fsp3) is 0.263. The molecule has 130 valence electrons. The molecule has 0 atom stereocenters. The summed E-state index contributed by atoms with van der Waals surface area (Å²) in [5, 5.41) is 5.19. The maximum absolute atomic E-state index is 11.9. The molecule has 0 bridgehead atoms. The Kier molecular flexibility index (Phi) is 5.51. The van der Waals surface area contributed by atoms with Crippen molar-refractivity contribution in [2.75, 3.05) is 25.1 Å². The second-order valence-electron chi connectivity index (χ2n) is 5.66. The molecule has 0 spiro atoms. The number of nitrogens with one attached hydrogen (secondary N) is 2. The molecule has 25 heavy (non-hydrogen) atoms. The van der Waals surface area contributed by atoms with Gasteiger partial charge in [0.15, 0.2) is 11.5 Å².